The number of aromatic nitrogens is 2. The highest BCUT2D eigenvalue weighted by molar-refractivity contribution is 5.84. The third-order valence-corrected chi connectivity index (χ3v) is 7.86. The van der Waals surface area contributed by atoms with Crippen LogP contribution in [0.5, 0.6) is 0 Å². The fourth-order valence-corrected chi connectivity index (χ4v) is 5.79. The predicted molar refractivity (Wildman–Crippen MR) is 134 cm³/mol. The van der Waals surface area contributed by atoms with E-state index in [1.807, 2.05) is 40.9 Å². The van der Waals surface area contributed by atoms with Gasteiger partial charge in [0.1, 0.15) is 5.82 Å². The van der Waals surface area contributed by atoms with Crippen LogP contribution in [0.1, 0.15) is 69.7 Å². The molecule has 1 aliphatic carbocycles. The average molecular weight is 465 g/mol. The SMILES string of the molecule is CCCN(Cc1nccn1C)C(=O)C1(Cc2ccccc2)CCN(C(=O)C2CCCCC2)CC1. The molecule has 0 radical (unpaired) electrons. The Morgan fingerprint density at radius 2 is 1.79 bits per heavy atom. The zero-order chi connectivity index (χ0) is 24.0. The van der Waals surface area contributed by atoms with E-state index in [2.05, 4.69) is 28.9 Å². The molecule has 1 aliphatic heterocycles. The number of hydrogen-bond donors (Lipinski definition) is 0. The summed E-state index contributed by atoms with van der Waals surface area (Å²) >= 11 is 0. The quantitative estimate of drug-likeness (QED) is 0.574. The molecule has 4 rings (SSSR count). The fourth-order valence-electron chi connectivity index (χ4n) is 5.79. The lowest BCUT2D eigenvalue weighted by molar-refractivity contribution is -0.150. The second kappa shape index (κ2) is 11.2. The lowest BCUT2D eigenvalue weighted by atomic mass is 9.72. The van der Waals surface area contributed by atoms with Gasteiger partial charge in [-0.15, -0.1) is 0 Å². The van der Waals surface area contributed by atoms with Gasteiger partial charge in [-0.3, -0.25) is 9.59 Å². The first-order chi connectivity index (χ1) is 16.5. The predicted octanol–water partition coefficient (Wildman–Crippen LogP) is 4.59. The van der Waals surface area contributed by atoms with Gasteiger partial charge in [-0.25, -0.2) is 4.98 Å². The fraction of sp³-hybridized carbons (Fsp3) is 0.607. The zero-order valence-electron chi connectivity index (χ0n) is 20.9. The molecule has 1 aromatic carbocycles. The van der Waals surface area contributed by atoms with Gasteiger partial charge < -0.3 is 14.4 Å². The van der Waals surface area contributed by atoms with Crippen LogP contribution in [0.2, 0.25) is 0 Å². The summed E-state index contributed by atoms with van der Waals surface area (Å²) in [6.07, 6.45) is 12.4. The summed E-state index contributed by atoms with van der Waals surface area (Å²) in [4.78, 5) is 35.9. The molecular weight excluding hydrogens is 424 g/mol. The largest absolute Gasteiger partial charge is 0.342 e. The van der Waals surface area contributed by atoms with Gasteiger partial charge in [0.25, 0.3) is 0 Å². The second-order valence-corrected chi connectivity index (χ2v) is 10.3. The number of imidazole rings is 1. The molecule has 184 valence electrons. The molecule has 1 aromatic heterocycles. The number of nitrogens with zero attached hydrogens (tertiary/aromatic N) is 4. The Kier molecular flexibility index (Phi) is 8.07. The van der Waals surface area contributed by atoms with Gasteiger partial charge in [0.15, 0.2) is 0 Å². The molecule has 2 aliphatic rings. The highest BCUT2D eigenvalue weighted by Gasteiger charge is 2.45. The van der Waals surface area contributed by atoms with Crippen molar-refractivity contribution in [2.24, 2.45) is 18.4 Å². The normalized spacial score (nSPS) is 18.6. The van der Waals surface area contributed by atoms with Crippen LogP contribution in [0.15, 0.2) is 42.7 Å². The summed E-state index contributed by atoms with van der Waals surface area (Å²) in [5.74, 6) is 1.62. The van der Waals surface area contributed by atoms with Crippen molar-refractivity contribution in [3.63, 3.8) is 0 Å². The van der Waals surface area contributed by atoms with E-state index in [0.29, 0.717) is 32.1 Å². The monoisotopic (exact) mass is 464 g/mol. The van der Waals surface area contributed by atoms with Gasteiger partial charge in [0.05, 0.1) is 12.0 Å². The van der Waals surface area contributed by atoms with E-state index in [-0.39, 0.29) is 11.8 Å². The number of rotatable bonds is 8. The summed E-state index contributed by atoms with van der Waals surface area (Å²) < 4.78 is 1.99. The number of aryl methyl sites for hydroxylation is 1. The van der Waals surface area contributed by atoms with Crippen LogP contribution in [-0.2, 0) is 29.6 Å². The molecular formula is C28H40N4O2. The third-order valence-electron chi connectivity index (χ3n) is 7.86. The van der Waals surface area contributed by atoms with Crippen molar-refractivity contribution >= 4 is 11.8 Å². The Morgan fingerprint density at radius 1 is 1.09 bits per heavy atom. The Morgan fingerprint density at radius 3 is 2.41 bits per heavy atom. The van der Waals surface area contributed by atoms with Crippen LogP contribution >= 0.6 is 0 Å². The molecule has 0 spiro atoms. The van der Waals surface area contributed by atoms with Crippen molar-refractivity contribution in [2.45, 2.75) is 71.3 Å². The maximum atomic E-state index is 14.2. The minimum atomic E-state index is -0.481. The summed E-state index contributed by atoms with van der Waals surface area (Å²) in [5, 5.41) is 0. The first-order valence-corrected chi connectivity index (χ1v) is 13.1. The van der Waals surface area contributed by atoms with Crippen LogP contribution < -0.4 is 0 Å². The van der Waals surface area contributed by atoms with Crippen molar-refractivity contribution in [3.05, 3.63) is 54.1 Å². The number of likely N-dealkylation sites (tertiary alicyclic amines) is 1. The van der Waals surface area contributed by atoms with Crippen LogP contribution in [0.25, 0.3) is 0 Å². The summed E-state index contributed by atoms with van der Waals surface area (Å²) in [6.45, 7) is 4.71. The van der Waals surface area contributed by atoms with Gasteiger partial charge in [-0.2, -0.15) is 0 Å². The van der Waals surface area contributed by atoms with E-state index in [9.17, 15) is 9.59 Å². The number of piperidine rings is 1. The van der Waals surface area contributed by atoms with Crippen molar-refractivity contribution in [1.29, 1.82) is 0 Å². The molecule has 2 fully saturated rings. The van der Waals surface area contributed by atoms with Crippen LogP contribution in [0.3, 0.4) is 0 Å². The lowest BCUT2D eigenvalue weighted by Gasteiger charge is -2.44. The van der Waals surface area contributed by atoms with E-state index in [1.165, 1.54) is 24.8 Å². The van der Waals surface area contributed by atoms with E-state index in [1.54, 1.807) is 6.20 Å². The average Bonchev–Trinajstić information content (AvgIpc) is 3.28. The molecule has 0 unspecified atom stereocenters. The van der Waals surface area contributed by atoms with Crippen LogP contribution in [0.4, 0.5) is 0 Å². The van der Waals surface area contributed by atoms with Crippen molar-refractivity contribution in [1.82, 2.24) is 19.4 Å². The molecule has 2 aromatic rings. The van der Waals surface area contributed by atoms with Crippen molar-refractivity contribution < 1.29 is 9.59 Å². The van der Waals surface area contributed by atoms with E-state index in [4.69, 9.17) is 0 Å². The Hall–Kier alpha value is -2.63. The highest BCUT2D eigenvalue weighted by atomic mass is 16.2. The molecule has 2 amide bonds. The van der Waals surface area contributed by atoms with Crippen molar-refractivity contribution in [3.8, 4) is 0 Å². The van der Waals surface area contributed by atoms with Gasteiger partial charge in [0, 0.05) is 45.0 Å². The molecule has 1 saturated heterocycles. The maximum absolute atomic E-state index is 14.2. The first-order valence-electron chi connectivity index (χ1n) is 13.1. The summed E-state index contributed by atoms with van der Waals surface area (Å²) in [6, 6.07) is 10.4. The van der Waals surface area contributed by atoms with Gasteiger partial charge >= 0.3 is 0 Å². The zero-order valence-corrected chi connectivity index (χ0v) is 20.9. The standard InChI is InChI=1S/C28H40N4O2/c1-3-17-32(22-25-29-16-20-30(25)2)27(34)28(21-23-10-6-4-7-11-23)14-18-31(19-15-28)26(33)24-12-8-5-9-13-24/h4,6-7,10-11,16,20,24H,3,5,8-9,12-15,17-19,21-22H2,1-2H3. The minimum Gasteiger partial charge on any atom is -0.342 e. The van der Waals surface area contributed by atoms with Gasteiger partial charge in [-0.05, 0) is 44.1 Å². The minimum absolute atomic E-state index is 0.186. The molecule has 1 saturated carbocycles. The molecule has 6 nitrogen and oxygen atoms in total. The lowest BCUT2D eigenvalue weighted by Crippen LogP contribution is -2.53. The number of hydrogen-bond acceptors (Lipinski definition) is 3. The Bertz CT molecular complexity index is 940. The van der Waals surface area contributed by atoms with Gasteiger partial charge in [-0.1, -0.05) is 56.5 Å². The molecule has 0 N–H and O–H groups in total. The Labute approximate surface area is 204 Å². The first kappa shape index (κ1) is 24.5. The van der Waals surface area contributed by atoms with E-state index in [0.717, 1.165) is 44.3 Å². The van der Waals surface area contributed by atoms with E-state index >= 15 is 0 Å². The van der Waals surface area contributed by atoms with E-state index < -0.39 is 5.41 Å². The maximum Gasteiger partial charge on any atom is 0.229 e. The third kappa shape index (κ3) is 5.53. The molecule has 0 atom stereocenters. The number of benzene rings is 1. The second-order valence-electron chi connectivity index (χ2n) is 10.3. The Balaban J connectivity index is 1.54. The molecule has 6 heteroatoms. The topological polar surface area (TPSA) is 58.4 Å². The summed E-state index contributed by atoms with van der Waals surface area (Å²) in [7, 11) is 1.98. The number of carbonyl (C=O) groups is 2. The van der Waals surface area contributed by atoms with Gasteiger partial charge in [0.2, 0.25) is 11.8 Å². The summed E-state index contributed by atoms with van der Waals surface area (Å²) in [5.41, 5.74) is 0.710. The van der Waals surface area contributed by atoms with Crippen LogP contribution in [0, 0.1) is 11.3 Å². The molecule has 0 bridgehead atoms. The smallest absolute Gasteiger partial charge is 0.229 e. The molecule has 2 heterocycles. The molecule has 34 heavy (non-hydrogen) atoms. The van der Waals surface area contributed by atoms with Crippen LogP contribution in [-0.4, -0.2) is 50.8 Å². The highest BCUT2D eigenvalue weighted by Crippen LogP contribution is 2.39. The number of amides is 2. The van der Waals surface area contributed by atoms with Crippen molar-refractivity contribution in [2.75, 3.05) is 19.6 Å². The number of carbonyl (C=O) groups excluding carboxylic acids is 2.